The average Bonchev–Trinajstić information content (AvgIpc) is 2.72. The van der Waals surface area contributed by atoms with Crippen LogP contribution in [0.4, 0.5) is 13.2 Å². The minimum absolute atomic E-state index is 0.0169. The zero-order chi connectivity index (χ0) is 14.4. The Balaban J connectivity index is 2.23. The van der Waals surface area contributed by atoms with Crippen molar-refractivity contribution < 1.29 is 18.3 Å². The molecule has 106 valence electrons. The van der Waals surface area contributed by atoms with Crippen LogP contribution in [0.5, 0.6) is 0 Å². The number of aromatic nitrogens is 1. The van der Waals surface area contributed by atoms with Gasteiger partial charge in [0.25, 0.3) is 0 Å². The van der Waals surface area contributed by atoms with Gasteiger partial charge < -0.3 is 9.67 Å². The van der Waals surface area contributed by atoms with Gasteiger partial charge in [0.2, 0.25) is 0 Å². The molecule has 1 aromatic carbocycles. The molecule has 0 bridgehead atoms. The number of aryl methyl sites for hydroxylation is 1. The Morgan fingerprint density at radius 3 is 2.55 bits per heavy atom. The highest BCUT2D eigenvalue weighted by Gasteiger charge is 2.25. The van der Waals surface area contributed by atoms with E-state index in [0.29, 0.717) is 24.6 Å². The summed E-state index contributed by atoms with van der Waals surface area (Å²) in [6.07, 6.45) is 1.55. The van der Waals surface area contributed by atoms with Crippen LogP contribution in [-0.2, 0) is 6.42 Å². The van der Waals surface area contributed by atoms with Crippen molar-refractivity contribution in [2.75, 3.05) is 0 Å². The fourth-order valence-electron chi connectivity index (χ4n) is 2.90. The lowest BCUT2D eigenvalue weighted by Crippen LogP contribution is -2.12. The predicted molar refractivity (Wildman–Crippen MR) is 68.3 cm³/mol. The van der Waals surface area contributed by atoms with Crippen molar-refractivity contribution in [3.8, 4) is 5.69 Å². The quantitative estimate of drug-likeness (QED) is 0.794. The van der Waals surface area contributed by atoms with Crippen LogP contribution in [-0.4, -0.2) is 9.67 Å². The number of aliphatic hydroxyl groups excluding tert-OH is 1. The molecule has 0 fully saturated rings. The van der Waals surface area contributed by atoms with Gasteiger partial charge in [-0.1, -0.05) is 0 Å². The zero-order valence-electron chi connectivity index (χ0n) is 11.0. The van der Waals surface area contributed by atoms with E-state index in [2.05, 4.69) is 0 Å². The summed E-state index contributed by atoms with van der Waals surface area (Å²) in [6.45, 7) is 1.76. The molecule has 0 saturated carbocycles. The fraction of sp³-hybridized carbons (Fsp3) is 0.333. The van der Waals surface area contributed by atoms with Crippen molar-refractivity contribution >= 4 is 0 Å². The number of hydrogen-bond donors (Lipinski definition) is 1. The molecule has 0 aliphatic heterocycles. The summed E-state index contributed by atoms with van der Waals surface area (Å²) in [4.78, 5) is 0. The monoisotopic (exact) mass is 281 g/mol. The number of nitrogens with zero attached hydrogens (tertiary/aromatic N) is 1. The number of hydrogen-bond acceptors (Lipinski definition) is 1. The van der Waals surface area contributed by atoms with Crippen LogP contribution in [0.25, 0.3) is 5.69 Å². The minimum atomic E-state index is -1.20. The van der Waals surface area contributed by atoms with Gasteiger partial charge in [0, 0.05) is 29.1 Å². The first-order valence-corrected chi connectivity index (χ1v) is 6.53. The van der Waals surface area contributed by atoms with Crippen molar-refractivity contribution in [2.45, 2.75) is 32.3 Å². The summed E-state index contributed by atoms with van der Waals surface area (Å²) < 4.78 is 41.9. The molecule has 3 rings (SSSR count). The smallest absolute Gasteiger partial charge is 0.161 e. The van der Waals surface area contributed by atoms with E-state index in [4.69, 9.17) is 0 Å². The molecule has 1 atom stereocenters. The summed E-state index contributed by atoms with van der Waals surface area (Å²) in [5, 5.41) is 9.97. The molecule has 2 nitrogen and oxygen atoms in total. The van der Waals surface area contributed by atoms with Crippen molar-refractivity contribution in [1.29, 1.82) is 0 Å². The van der Waals surface area contributed by atoms with Crippen molar-refractivity contribution in [3.05, 3.63) is 52.6 Å². The third kappa shape index (κ3) is 1.93. The number of rotatable bonds is 1. The van der Waals surface area contributed by atoms with Crippen molar-refractivity contribution in [1.82, 2.24) is 4.57 Å². The zero-order valence-corrected chi connectivity index (χ0v) is 11.0. The lowest BCUT2D eigenvalue weighted by Gasteiger charge is -2.20. The number of halogens is 3. The van der Waals surface area contributed by atoms with Crippen LogP contribution in [0.1, 0.15) is 35.9 Å². The van der Waals surface area contributed by atoms with Gasteiger partial charge >= 0.3 is 0 Å². The van der Waals surface area contributed by atoms with Crippen molar-refractivity contribution in [2.24, 2.45) is 0 Å². The van der Waals surface area contributed by atoms with Gasteiger partial charge in [0.1, 0.15) is 5.82 Å². The highest BCUT2D eigenvalue weighted by Crippen LogP contribution is 2.34. The maximum Gasteiger partial charge on any atom is 0.161 e. The fourth-order valence-corrected chi connectivity index (χ4v) is 2.90. The van der Waals surface area contributed by atoms with Crippen LogP contribution >= 0.6 is 0 Å². The molecule has 2 aromatic rings. The Kier molecular flexibility index (Phi) is 3.09. The van der Waals surface area contributed by atoms with Crippen LogP contribution in [0.15, 0.2) is 18.2 Å². The van der Waals surface area contributed by atoms with E-state index in [-0.39, 0.29) is 5.69 Å². The van der Waals surface area contributed by atoms with E-state index in [9.17, 15) is 18.3 Å². The second-order valence-corrected chi connectivity index (χ2v) is 5.15. The predicted octanol–water partition coefficient (Wildman–Crippen LogP) is 3.57. The molecule has 20 heavy (non-hydrogen) atoms. The standard InChI is InChI=1S/C15H14F3NO/c1-8-5-9-13(3-2-4-15(9)20)19(8)14-7-11(17)10(16)6-12(14)18/h5-7,15,20H,2-4H2,1H3. The van der Waals surface area contributed by atoms with Gasteiger partial charge in [-0.2, -0.15) is 0 Å². The summed E-state index contributed by atoms with van der Waals surface area (Å²) in [7, 11) is 0. The molecular formula is C15H14F3NO. The Hall–Kier alpha value is -1.75. The molecular weight excluding hydrogens is 267 g/mol. The topological polar surface area (TPSA) is 25.2 Å². The maximum absolute atomic E-state index is 14.0. The third-order valence-corrected chi connectivity index (χ3v) is 3.80. The molecule has 1 aromatic heterocycles. The maximum atomic E-state index is 14.0. The molecule has 0 amide bonds. The Morgan fingerprint density at radius 2 is 1.80 bits per heavy atom. The molecule has 1 unspecified atom stereocenters. The second-order valence-electron chi connectivity index (χ2n) is 5.15. The average molecular weight is 281 g/mol. The van der Waals surface area contributed by atoms with Crippen LogP contribution in [0, 0.1) is 24.4 Å². The van der Waals surface area contributed by atoms with E-state index < -0.39 is 23.6 Å². The van der Waals surface area contributed by atoms with E-state index in [1.54, 1.807) is 17.6 Å². The van der Waals surface area contributed by atoms with E-state index >= 15 is 0 Å². The largest absolute Gasteiger partial charge is 0.388 e. The lowest BCUT2D eigenvalue weighted by molar-refractivity contribution is 0.156. The lowest BCUT2D eigenvalue weighted by atomic mass is 9.95. The molecule has 0 radical (unpaired) electrons. The first-order chi connectivity index (χ1) is 9.49. The molecule has 1 aliphatic rings. The normalized spacial score (nSPS) is 18.1. The van der Waals surface area contributed by atoms with Crippen LogP contribution in [0.3, 0.4) is 0 Å². The molecule has 5 heteroatoms. The summed E-state index contributed by atoms with van der Waals surface area (Å²) >= 11 is 0. The van der Waals surface area contributed by atoms with Gasteiger partial charge in [-0.3, -0.25) is 0 Å². The first kappa shape index (κ1) is 13.2. The van der Waals surface area contributed by atoms with Crippen molar-refractivity contribution in [3.63, 3.8) is 0 Å². The Morgan fingerprint density at radius 1 is 1.10 bits per heavy atom. The Labute approximate surface area is 114 Å². The van der Waals surface area contributed by atoms with Gasteiger partial charge in [-0.05, 0) is 32.3 Å². The Bertz CT molecular complexity index is 678. The van der Waals surface area contributed by atoms with E-state index in [0.717, 1.165) is 23.7 Å². The minimum Gasteiger partial charge on any atom is -0.388 e. The van der Waals surface area contributed by atoms with E-state index in [1.807, 2.05) is 0 Å². The molecule has 1 aliphatic carbocycles. The van der Waals surface area contributed by atoms with Gasteiger partial charge in [0.15, 0.2) is 11.6 Å². The summed E-state index contributed by atoms with van der Waals surface area (Å²) in [6, 6.07) is 3.19. The SMILES string of the molecule is Cc1cc2c(n1-c1cc(F)c(F)cc1F)CCCC2O. The first-order valence-electron chi connectivity index (χ1n) is 6.53. The van der Waals surface area contributed by atoms with Gasteiger partial charge in [-0.15, -0.1) is 0 Å². The molecule has 1 heterocycles. The summed E-state index contributed by atoms with van der Waals surface area (Å²) in [5.41, 5.74) is 2.20. The van der Waals surface area contributed by atoms with Crippen LogP contribution in [0.2, 0.25) is 0 Å². The van der Waals surface area contributed by atoms with Crippen LogP contribution < -0.4 is 0 Å². The number of fused-ring (bicyclic) bond motifs is 1. The molecule has 0 saturated heterocycles. The highest BCUT2D eigenvalue weighted by atomic mass is 19.2. The van der Waals surface area contributed by atoms with Gasteiger partial charge in [-0.25, -0.2) is 13.2 Å². The van der Waals surface area contributed by atoms with Gasteiger partial charge in [0.05, 0.1) is 11.8 Å². The molecule has 0 spiro atoms. The molecule has 1 N–H and O–H groups in total. The second kappa shape index (κ2) is 4.66. The highest BCUT2D eigenvalue weighted by molar-refractivity contribution is 5.44. The van der Waals surface area contributed by atoms with E-state index in [1.165, 1.54) is 0 Å². The third-order valence-electron chi connectivity index (χ3n) is 3.80. The summed E-state index contributed by atoms with van der Waals surface area (Å²) in [5.74, 6) is -3.10. The number of aliphatic hydroxyl groups is 1. The number of benzene rings is 1.